The number of nitrogens with zero attached hydrogens (tertiary/aromatic N) is 1. The highest BCUT2D eigenvalue weighted by atomic mass is 35.7. The minimum Gasteiger partial charge on any atom is -0.341 e. The Hall–Kier alpha value is -0.780. The molecule has 2 rings (SSSR count). The maximum atomic E-state index is 12.3. The van der Waals surface area contributed by atoms with Crippen LogP contribution in [0.5, 0.6) is 0 Å². The van der Waals surface area contributed by atoms with Crippen LogP contribution in [-0.4, -0.2) is 32.8 Å². The average molecular weight is 336 g/mol. The molecule has 0 saturated heterocycles. The number of rotatable bonds is 4. The lowest BCUT2D eigenvalue weighted by Gasteiger charge is -2.18. The van der Waals surface area contributed by atoms with Gasteiger partial charge in [-0.15, -0.1) is 0 Å². The van der Waals surface area contributed by atoms with Gasteiger partial charge >= 0.3 is 0 Å². The molecule has 1 aliphatic rings. The number of carbonyl (C=O) groups excluding carboxylic acids is 1. The molecular formula is C13H15Cl2NO3S. The Balaban J connectivity index is 2.36. The van der Waals surface area contributed by atoms with Gasteiger partial charge in [-0.1, -0.05) is 11.6 Å². The second kappa shape index (κ2) is 5.54. The Bertz CT molecular complexity index is 654. The highest BCUT2D eigenvalue weighted by molar-refractivity contribution is 8.13. The molecule has 0 radical (unpaired) electrons. The van der Waals surface area contributed by atoms with E-state index in [2.05, 4.69) is 0 Å². The molecule has 1 aromatic rings. The van der Waals surface area contributed by atoms with Crippen molar-refractivity contribution in [1.29, 1.82) is 0 Å². The minimum atomic E-state index is -3.98. The predicted molar refractivity (Wildman–Crippen MR) is 78.9 cm³/mol. The molecule has 1 fully saturated rings. The van der Waals surface area contributed by atoms with Crippen LogP contribution in [0, 0.1) is 12.8 Å². The molecule has 0 aliphatic heterocycles. The fourth-order valence-electron chi connectivity index (χ4n) is 2.03. The zero-order valence-corrected chi connectivity index (χ0v) is 13.5. The molecule has 110 valence electrons. The lowest BCUT2D eigenvalue weighted by molar-refractivity contribution is 0.0788. The van der Waals surface area contributed by atoms with E-state index in [9.17, 15) is 13.2 Å². The maximum Gasteiger partial charge on any atom is 0.262 e. The Labute approximate surface area is 128 Å². The van der Waals surface area contributed by atoms with E-state index in [1.807, 2.05) is 0 Å². The summed E-state index contributed by atoms with van der Waals surface area (Å²) in [5, 5.41) is 0.0568. The lowest BCUT2D eigenvalue weighted by atomic mass is 10.1. The van der Waals surface area contributed by atoms with Gasteiger partial charge in [-0.05, 0) is 43.4 Å². The number of hydrogen-bond donors (Lipinski definition) is 0. The van der Waals surface area contributed by atoms with Crippen LogP contribution in [0.3, 0.4) is 0 Å². The SMILES string of the molecule is Cc1cc(C(=O)N(C)CC2CC2)cc(S(=O)(=O)Cl)c1Cl. The van der Waals surface area contributed by atoms with Crippen LogP contribution >= 0.6 is 22.3 Å². The van der Waals surface area contributed by atoms with E-state index in [4.69, 9.17) is 22.3 Å². The first-order valence-electron chi connectivity index (χ1n) is 6.20. The van der Waals surface area contributed by atoms with Gasteiger partial charge in [-0.2, -0.15) is 0 Å². The van der Waals surface area contributed by atoms with Crippen molar-refractivity contribution in [3.05, 3.63) is 28.3 Å². The number of halogens is 2. The lowest BCUT2D eigenvalue weighted by Crippen LogP contribution is -2.29. The van der Waals surface area contributed by atoms with Crippen LogP contribution in [-0.2, 0) is 9.05 Å². The van der Waals surface area contributed by atoms with E-state index in [0.717, 1.165) is 12.8 Å². The third-order valence-electron chi connectivity index (χ3n) is 3.31. The fraction of sp³-hybridized carbons (Fsp3) is 0.462. The van der Waals surface area contributed by atoms with Crippen LogP contribution in [0.1, 0.15) is 28.8 Å². The first kappa shape index (κ1) is 15.6. The molecule has 0 atom stereocenters. The topological polar surface area (TPSA) is 54.5 Å². The summed E-state index contributed by atoms with van der Waals surface area (Å²) in [6.07, 6.45) is 2.27. The van der Waals surface area contributed by atoms with Gasteiger partial charge in [0, 0.05) is 29.8 Å². The molecule has 1 amide bonds. The summed E-state index contributed by atoms with van der Waals surface area (Å²) in [7, 11) is 3.08. The summed E-state index contributed by atoms with van der Waals surface area (Å²) in [4.78, 5) is 13.7. The van der Waals surface area contributed by atoms with E-state index in [1.165, 1.54) is 6.07 Å². The zero-order chi connectivity index (χ0) is 15.1. The molecule has 1 saturated carbocycles. The largest absolute Gasteiger partial charge is 0.341 e. The summed E-state index contributed by atoms with van der Waals surface area (Å²) in [6.45, 7) is 2.33. The third-order valence-corrected chi connectivity index (χ3v) is 5.27. The van der Waals surface area contributed by atoms with Crippen molar-refractivity contribution in [3.8, 4) is 0 Å². The van der Waals surface area contributed by atoms with Gasteiger partial charge in [0.2, 0.25) is 0 Å². The normalized spacial score (nSPS) is 15.2. The first-order chi connectivity index (χ1) is 9.20. The molecule has 0 bridgehead atoms. The number of benzene rings is 1. The molecular weight excluding hydrogens is 321 g/mol. The Kier molecular flexibility index (Phi) is 4.33. The van der Waals surface area contributed by atoms with E-state index in [-0.39, 0.29) is 21.4 Å². The van der Waals surface area contributed by atoms with Crippen molar-refractivity contribution in [2.45, 2.75) is 24.7 Å². The summed E-state index contributed by atoms with van der Waals surface area (Å²) in [5.74, 6) is 0.340. The van der Waals surface area contributed by atoms with Crippen molar-refractivity contribution in [2.24, 2.45) is 5.92 Å². The number of hydrogen-bond acceptors (Lipinski definition) is 3. The van der Waals surface area contributed by atoms with E-state index < -0.39 is 9.05 Å². The molecule has 1 aliphatic carbocycles. The number of carbonyl (C=O) groups is 1. The van der Waals surface area contributed by atoms with Gasteiger partial charge in [-0.25, -0.2) is 8.42 Å². The van der Waals surface area contributed by atoms with Gasteiger partial charge in [-0.3, -0.25) is 4.79 Å². The number of aryl methyl sites for hydroxylation is 1. The van der Waals surface area contributed by atoms with Gasteiger partial charge in [0.25, 0.3) is 15.0 Å². The van der Waals surface area contributed by atoms with Gasteiger partial charge in [0.15, 0.2) is 0 Å². The monoisotopic (exact) mass is 335 g/mol. The molecule has 7 heteroatoms. The standard InChI is InChI=1S/C13H15Cl2NO3S/c1-8-5-10(6-11(12(8)14)20(15,18)19)13(17)16(2)7-9-3-4-9/h5-6,9H,3-4,7H2,1-2H3. The Morgan fingerprint density at radius 1 is 1.40 bits per heavy atom. The van der Waals surface area contributed by atoms with E-state index in [0.29, 0.717) is 18.0 Å². The Morgan fingerprint density at radius 3 is 2.50 bits per heavy atom. The molecule has 4 nitrogen and oxygen atoms in total. The van der Waals surface area contributed by atoms with Gasteiger partial charge < -0.3 is 4.90 Å². The number of amides is 1. The Morgan fingerprint density at radius 2 is 2.00 bits per heavy atom. The molecule has 20 heavy (non-hydrogen) atoms. The minimum absolute atomic E-state index is 0.0568. The van der Waals surface area contributed by atoms with Crippen LogP contribution in [0.4, 0.5) is 0 Å². The molecule has 0 heterocycles. The van der Waals surface area contributed by atoms with E-state index in [1.54, 1.807) is 24.9 Å². The highest BCUT2D eigenvalue weighted by Crippen LogP contribution is 2.31. The molecule has 0 spiro atoms. The molecule has 0 unspecified atom stereocenters. The van der Waals surface area contributed by atoms with Crippen LogP contribution in [0.25, 0.3) is 0 Å². The maximum absolute atomic E-state index is 12.3. The summed E-state index contributed by atoms with van der Waals surface area (Å²) < 4.78 is 23.0. The van der Waals surface area contributed by atoms with Crippen molar-refractivity contribution in [1.82, 2.24) is 4.90 Å². The smallest absolute Gasteiger partial charge is 0.262 e. The molecule has 1 aromatic carbocycles. The summed E-state index contributed by atoms with van der Waals surface area (Å²) in [6, 6.07) is 2.82. The van der Waals surface area contributed by atoms with E-state index >= 15 is 0 Å². The van der Waals surface area contributed by atoms with Crippen molar-refractivity contribution in [2.75, 3.05) is 13.6 Å². The van der Waals surface area contributed by atoms with Crippen molar-refractivity contribution >= 4 is 37.2 Å². The van der Waals surface area contributed by atoms with Crippen molar-refractivity contribution < 1.29 is 13.2 Å². The fourth-order valence-corrected chi connectivity index (χ4v) is 3.57. The highest BCUT2D eigenvalue weighted by Gasteiger charge is 2.26. The van der Waals surface area contributed by atoms with Crippen LogP contribution in [0.15, 0.2) is 17.0 Å². The second-order valence-corrected chi connectivity index (χ2v) is 8.08. The zero-order valence-electron chi connectivity index (χ0n) is 11.2. The summed E-state index contributed by atoms with van der Waals surface area (Å²) in [5.41, 5.74) is 0.797. The quantitative estimate of drug-likeness (QED) is 0.794. The third kappa shape index (κ3) is 3.45. The van der Waals surface area contributed by atoms with Gasteiger partial charge in [0.05, 0.1) is 5.02 Å². The summed E-state index contributed by atoms with van der Waals surface area (Å²) >= 11 is 5.94. The van der Waals surface area contributed by atoms with Crippen LogP contribution in [0.2, 0.25) is 5.02 Å². The predicted octanol–water partition coefficient (Wildman–Crippen LogP) is 3.06. The first-order valence-corrected chi connectivity index (χ1v) is 8.89. The second-order valence-electron chi connectivity index (χ2n) is 5.17. The average Bonchev–Trinajstić information content (AvgIpc) is 3.13. The molecule has 0 N–H and O–H groups in total. The van der Waals surface area contributed by atoms with Gasteiger partial charge in [0.1, 0.15) is 4.90 Å². The van der Waals surface area contributed by atoms with Crippen molar-refractivity contribution in [3.63, 3.8) is 0 Å². The molecule has 0 aromatic heterocycles. The van der Waals surface area contributed by atoms with Crippen LogP contribution < -0.4 is 0 Å².